The Morgan fingerprint density at radius 3 is 2.73 bits per heavy atom. The molecule has 1 heterocycles. The van der Waals surface area contributed by atoms with Crippen LogP contribution in [0.2, 0.25) is 0 Å². The molecule has 0 bridgehead atoms. The van der Waals surface area contributed by atoms with E-state index in [-0.39, 0.29) is 16.5 Å². The molecule has 1 aromatic heterocycles. The number of primary sulfonamides is 1. The summed E-state index contributed by atoms with van der Waals surface area (Å²) in [4.78, 5) is 3.81. The fraction of sp³-hybridized carbons (Fsp3) is 0.312. The standard InChI is InChI=1S/C16H19N3O2S/c1-16(2)10-14(12-5-3-4-6-13(12)16)19-11-7-8-18-15(9-11)22(17,20)21/h3-9,14H,10H2,1-2H3,(H,18,19)(H2,17,20,21). The van der Waals surface area contributed by atoms with E-state index >= 15 is 0 Å². The fourth-order valence-corrected chi connectivity index (χ4v) is 3.63. The summed E-state index contributed by atoms with van der Waals surface area (Å²) in [5.41, 5.74) is 3.37. The maximum atomic E-state index is 11.4. The van der Waals surface area contributed by atoms with E-state index in [1.807, 2.05) is 6.07 Å². The molecule has 3 N–H and O–H groups in total. The first-order chi connectivity index (χ1) is 10.3. The van der Waals surface area contributed by atoms with Crippen molar-refractivity contribution < 1.29 is 8.42 Å². The largest absolute Gasteiger partial charge is 0.378 e. The summed E-state index contributed by atoms with van der Waals surface area (Å²) in [6.07, 6.45) is 2.40. The Hall–Kier alpha value is -1.92. The van der Waals surface area contributed by atoms with Gasteiger partial charge >= 0.3 is 0 Å². The summed E-state index contributed by atoms with van der Waals surface area (Å²) in [5, 5.41) is 8.42. The van der Waals surface area contributed by atoms with Gasteiger partial charge in [0.15, 0.2) is 5.03 Å². The molecule has 0 spiro atoms. The zero-order chi connectivity index (χ0) is 16.0. The van der Waals surface area contributed by atoms with Crippen molar-refractivity contribution in [3.05, 3.63) is 53.7 Å². The minimum atomic E-state index is -3.79. The number of fused-ring (bicyclic) bond motifs is 1. The van der Waals surface area contributed by atoms with Crippen LogP contribution in [0.4, 0.5) is 5.69 Å². The normalized spacial score (nSPS) is 19.7. The maximum Gasteiger partial charge on any atom is 0.255 e. The SMILES string of the molecule is CC1(C)CC(Nc2ccnc(S(N)(=O)=O)c2)c2ccccc21. The summed E-state index contributed by atoms with van der Waals surface area (Å²) < 4.78 is 22.8. The van der Waals surface area contributed by atoms with E-state index in [1.165, 1.54) is 23.4 Å². The van der Waals surface area contributed by atoms with Gasteiger partial charge in [0, 0.05) is 18.0 Å². The second kappa shape index (κ2) is 5.07. The second-order valence-electron chi connectivity index (χ2n) is 6.30. The van der Waals surface area contributed by atoms with Crippen molar-refractivity contribution in [2.24, 2.45) is 5.14 Å². The van der Waals surface area contributed by atoms with Crippen LogP contribution in [0.15, 0.2) is 47.6 Å². The molecular formula is C16H19N3O2S. The first-order valence-corrected chi connectivity index (χ1v) is 8.67. The van der Waals surface area contributed by atoms with Crippen LogP contribution in [0.5, 0.6) is 0 Å². The zero-order valence-corrected chi connectivity index (χ0v) is 13.4. The third kappa shape index (κ3) is 2.71. The molecule has 1 unspecified atom stereocenters. The number of anilines is 1. The van der Waals surface area contributed by atoms with Crippen molar-refractivity contribution >= 4 is 15.7 Å². The molecule has 116 valence electrons. The van der Waals surface area contributed by atoms with Crippen LogP contribution in [0.3, 0.4) is 0 Å². The average molecular weight is 317 g/mol. The number of hydrogen-bond donors (Lipinski definition) is 2. The molecule has 6 heteroatoms. The van der Waals surface area contributed by atoms with E-state index in [0.29, 0.717) is 5.69 Å². The lowest BCUT2D eigenvalue weighted by Gasteiger charge is -2.20. The Balaban J connectivity index is 1.93. The summed E-state index contributed by atoms with van der Waals surface area (Å²) in [7, 11) is -3.79. The number of nitrogens with one attached hydrogen (secondary N) is 1. The molecule has 2 aromatic rings. The van der Waals surface area contributed by atoms with Gasteiger partial charge in [0.25, 0.3) is 10.0 Å². The van der Waals surface area contributed by atoms with Gasteiger partial charge in [0.1, 0.15) is 0 Å². The van der Waals surface area contributed by atoms with E-state index < -0.39 is 10.0 Å². The van der Waals surface area contributed by atoms with Crippen molar-refractivity contribution in [3.63, 3.8) is 0 Å². The molecule has 0 fully saturated rings. The van der Waals surface area contributed by atoms with E-state index in [0.717, 1.165) is 6.42 Å². The van der Waals surface area contributed by atoms with Gasteiger partial charge in [-0.15, -0.1) is 0 Å². The summed E-state index contributed by atoms with van der Waals surface area (Å²) >= 11 is 0. The topological polar surface area (TPSA) is 85.1 Å². The summed E-state index contributed by atoms with van der Waals surface area (Å²) in [6.45, 7) is 4.44. The van der Waals surface area contributed by atoms with E-state index in [9.17, 15) is 8.42 Å². The average Bonchev–Trinajstić information content (AvgIpc) is 2.70. The molecule has 22 heavy (non-hydrogen) atoms. The van der Waals surface area contributed by atoms with Gasteiger partial charge in [-0.1, -0.05) is 38.1 Å². The van der Waals surface area contributed by atoms with Crippen LogP contribution in [0.25, 0.3) is 0 Å². The highest BCUT2D eigenvalue weighted by molar-refractivity contribution is 7.89. The summed E-state index contributed by atoms with van der Waals surface area (Å²) in [5.74, 6) is 0. The number of aromatic nitrogens is 1. The van der Waals surface area contributed by atoms with E-state index in [4.69, 9.17) is 5.14 Å². The van der Waals surface area contributed by atoms with E-state index in [2.05, 4.69) is 42.3 Å². The molecule has 1 aliphatic rings. The number of pyridine rings is 1. The minimum absolute atomic E-state index is 0.0874. The van der Waals surface area contributed by atoms with E-state index in [1.54, 1.807) is 6.07 Å². The summed E-state index contributed by atoms with van der Waals surface area (Å²) in [6, 6.07) is 11.7. The van der Waals surface area contributed by atoms with Crippen LogP contribution in [-0.2, 0) is 15.4 Å². The monoisotopic (exact) mass is 317 g/mol. The number of hydrogen-bond acceptors (Lipinski definition) is 4. The number of rotatable bonds is 3. The maximum absolute atomic E-state index is 11.4. The van der Waals surface area contributed by atoms with Gasteiger partial charge in [-0.3, -0.25) is 0 Å². The third-order valence-electron chi connectivity index (χ3n) is 4.15. The first-order valence-electron chi connectivity index (χ1n) is 7.12. The highest BCUT2D eigenvalue weighted by Gasteiger charge is 2.36. The number of sulfonamides is 1. The Labute approximate surface area is 130 Å². The molecule has 5 nitrogen and oxygen atoms in total. The van der Waals surface area contributed by atoms with Crippen LogP contribution in [-0.4, -0.2) is 13.4 Å². The van der Waals surface area contributed by atoms with Crippen LogP contribution < -0.4 is 10.5 Å². The molecule has 3 rings (SSSR count). The van der Waals surface area contributed by atoms with Crippen LogP contribution in [0.1, 0.15) is 37.4 Å². The van der Waals surface area contributed by atoms with Gasteiger partial charge in [-0.2, -0.15) is 0 Å². The number of nitrogens with two attached hydrogens (primary N) is 1. The molecular weight excluding hydrogens is 298 g/mol. The minimum Gasteiger partial charge on any atom is -0.378 e. The third-order valence-corrected chi connectivity index (χ3v) is 4.95. The molecule has 0 radical (unpaired) electrons. The smallest absolute Gasteiger partial charge is 0.255 e. The van der Waals surface area contributed by atoms with Crippen molar-refractivity contribution in [3.8, 4) is 0 Å². The van der Waals surface area contributed by atoms with Gasteiger partial charge in [-0.25, -0.2) is 18.5 Å². The molecule has 0 saturated heterocycles. The van der Waals surface area contributed by atoms with Gasteiger partial charge in [0.2, 0.25) is 0 Å². The van der Waals surface area contributed by atoms with Gasteiger partial charge in [-0.05, 0) is 29.0 Å². The highest BCUT2D eigenvalue weighted by atomic mass is 32.2. The Kier molecular flexibility index (Phi) is 3.45. The van der Waals surface area contributed by atoms with Gasteiger partial charge < -0.3 is 5.32 Å². The predicted molar refractivity (Wildman–Crippen MR) is 86.1 cm³/mol. The lowest BCUT2D eigenvalue weighted by Crippen LogP contribution is -2.16. The van der Waals surface area contributed by atoms with Gasteiger partial charge in [0.05, 0.1) is 6.04 Å². The first kappa shape index (κ1) is 15.0. The quantitative estimate of drug-likeness (QED) is 0.911. The number of benzene rings is 1. The number of nitrogens with zero attached hydrogens (tertiary/aromatic N) is 1. The Morgan fingerprint density at radius 1 is 1.27 bits per heavy atom. The van der Waals surface area contributed by atoms with Crippen LogP contribution in [0, 0.1) is 0 Å². The lowest BCUT2D eigenvalue weighted by molar-refractivity contribution is 0.493. The van der Waals surface area contributed by atoms with Crippen LogP contribution >= 0.6 is 0 Å². The Morgan fingerprint density at radius 2 is 2.00 bits per heavy atom. The van der Waals surface area contributed by atoms with Crippen molar-refractivity contribution in [2.45, 2.75) is 36.8 Å². The van der Waals surface area contributed by atoms with Crippen molar-refractivity contribution in [1.82, 2.24) is 4.98 Å². The second-order valence-corrected chi connectivity index (χ2v) is 7.81. The van der Waals surface area contributed by atoms with Crippen molar-refractivity contribution in [2.75, 3.05) is 5.32 Å². The molecule has 0 amide bonds. The Bertz CT molecular complexity index is 816. The fourth-order valence-electron chi connectivity index (χ4n) is 3.13. The molecule has 1 atom stereocenters. The molecule has 1 aromatic carbocycles. The molecule has 0 saturated carbocycles. The lowest BCUT2D eigenvalue weighted by atomic mass is 9.86. The molecule has 1 aliphatic carbocycles. The van der Waals surface area contributed by atoms with Crippen molar-refractivity contribution in [1.29, 1.82) is 0 Å². The molecule has 0 aliphatic heterocycles. The predicted octanol–water partition coefficient (Wildman–Crippen LogP) is 2.56. The zero-order valence-electron chi connectivity index (χ0n) is 12.6. The highest BCUT2D eigenvalue weighted by Crippen LogP contribution is 2.45.